The summed E-state index contributed by atoms with van der Waals surface area (Å²) in [5.74, 6) is 0.338. The number of ether oxygens (including phenoxy) is 1. The molecule has 0 bridgehead atoms. The molecule has 0 aliphatic heterocycles. The van der Waals surface area contributed by atoms with Crippen molar-refractivity contribution in [3.8, 4) is 28.4 Å². The van der Waals surface area contributed by atoms with E-state index in [1.54, 1.807) is 7.11 Å². The molecule has 0 saturated heterocycles. The summed E-state index contributed by atoms with van der Waals surface area (Å²) in [7, 11) is 3.58. The first-order valence-corrected chi connectivity index (χ1v) is 14.5. The molecule has 1 aliphatic rings. The fourth-order valence-corrected chi connectivity index (χ4v) is 7.04. The zero-order valence-electron chi connectivity index (χ0n) is 22.5. The quantitative estimate of drug-likeness (QED) is 0.182. The van der Waals surface area contributed by atoms with Crippen molar-refractivity contribution in [1.82, 2.24) is 10.2 Å². The van der Waals surface area contributed by atoms with Crippen LogP contribution in [0, 0.1) is 0 Å². The fourth-order valence-electron chi connectivity index (χ4n) is 5.52. The number of thiophene rings is 1. The number of phenols is 2. The minimum atomic E-state index is -0.238. The lowest BCUT2D eigenvalue weighted by molar-refractivity contribution is 0.0604. The van der Waals surface area contributed by atoms with Crippen LogP contribution in [0.1, 0.15) is 46.5 Å². The minimum Gasteiger partial charge on any atom is -0.507 e. The van der Waals surface area contributed by atoms with Gasteiger partial charge in [-0.05, 0) is 73.7 Å². The van der Waals surface area contributed by atoms with Crippen LogP contribution in [0.25, 0.3) is 21.2 Å². The highest BCUT2D eigenvalue weighted by atomic mass is 35.5. The smallest absolute Gasteiger partial charge is 0.266 e. The number of hydrogen-bond acceptors (Lipinski definition) is 7. The summed E-state index contributed by atoms with van der Waals surface area (Å²) >= 11 is 7.79. The summed E-state index contributed by atoms with van der Waals surface area (Å²) in [6, 6.07) is 16.8. The topological polar surface area (TPSA) is 102 Å². The van der Waals surface area contributed by atoms with Crippen LogP contribution in [0.15, 0.2) is 54.6 Å². The van der Waals surface area contributed by atoms with Gasteiger partial charge in [-0.1, -0.05) is 41.9 Å². The number of halogens is 1. The number of aliphatic hydroxyl groups excluding tert-OH is 1. The van der Waals surface area contributed by atoms with E-state index in [1.807, 2.05) is 54.4 Å². The molecule has 9 heteroatoms. The number of aromatic hydroxyl groups is 2. The molecule has 1 amide bonds. The molecule has 4 aromatic rings. The third-order valence-electron chi connectivity index (χ3n) is 7.83. The van der Waals surface area contributed by atoms with Gasteiger partial charge in [0, 0.05) is 24.2 Å². The summed E-state index contributed by atoms with van der Waals surface area (Å²) in [6.07, 6.45) is 3.56. The number of phenolic OH excluding ortho intramolecular Hbond substituents is 2. The number of fused-ring (bicyclic) bond motifs is 1. The van der Waals surface area contributed by atoms with Crippen molar-refractivity contribution in [3.63, 3.8) is 0 Å². The second-order valence-corrected chi connectivity index (χ2v) is 11.6. The van der Waals surface area contributed by atoms with Crippen LogP contribution in [0.2, 0.25) is 5.02 Å². The predicted octanol–water partition coefficient (Wildman–Crippen LogP) is 6.31. The molecule has 5 rings (SSSR count). The summed E-state index contributed by atoms with van der Waals surface area (Å²) in [5, 5.41) is 34.1. The average molecular weight is 581 g/mol. The lowest BCUT2D eigenvalue weighted by atomic mass is 9.89. The molecule has 1 aromatic heterocycles. The van der Waals surface area contributed by atoms with Crippen molar-refractivity contribution in [3.05, 3.63) is 75.6 Å². The van der Waals surface area contributed by atoms with Crippen LogP contribution in [0.5, 0.6) is 17.2 Å². The number of aliphatic hydroxyl groups is 1. The number of hydrogen-bond donors (Lipinski definition) is 4. The van der Waals surface area contributed by atoms with Crippen LogP contribution in [0.3, 0.4) is 0 Å². The predicted molar refractivity (Wildman–Crippen MR) is 159 cm³/mol. The molecular formula is C31H33ClN2O5S. The number of nitrogens with zero attached hydrogens (tertiary/aromatic N) is 1. The number of benzene rings is 3. The van der Waals surface area contributed by atoms with Gasteiger partial charge >= 0.3 is 0 Å². The van der Waals surface area contributed by atoms with Crippen LogP contribution in [-0.4, -0.2) is 52.4 Å². The molecule has 1 saturated carbocycles. The zero-order chi connectivity index (χ0) is 28.4. The first kappa shape index (κ1) is 28.2. The maximum Gasteiger partial charge on any atom is 0.266 e. The second kappa shape index (κ2) is 12.1. The van der Waals surface area contributed by atoms with Gasteiger partial charge in [0.2, 0.25) is 0 Å². The van der Waals surface area contributed by atoms with Gasteiger partial charge in [-0.25, -0.2) is 0 Å². The molecule has 3 aromatic carbocycles. The normalized spacial score (nSPS) is 17.2. The van der Waals surface area contributed by atoms with E-state index in [9.17, 15) is 20.1 Å². The lowest BCUT2D eigenvalue weighted by Gasteiger charge is -2.37. The molecule has 40 heavy (non-hydrogen) atoms. The molecule has 1 aliphatic carbocycles. The fraction of sp³-hybridized carbons (Fsp3) is 0.323. The highest BCUT2D eigenvalue weighted by Crippen LogP contribution is 2.45. The molecule has 0 radical (unpaired) electrons. The van der Waals surface area contributed by atoms with Crippen LogP contribution >= 0.6 is 22.9 Å². The van der Waals surface area contributed by atoms with Gasteiger partial charge in [0.1, 0.15) is 22.1 Å². The number of amides is 1. The van der Waals surface area contributed by atoms with Gasteiger partial charge in [-0.2, -0.15) is 0 Å². The van der Waals surface area contributed by atoms with E-state index >= 15 is 0 Å². The molecule has 0 unspecified atom stereocenters. The Morgan fingerprint density at radius 1 is 1.02 bits per heavy atom. The van der Waals surface area contributed by atoms with Gasteiger partial charge in [0.15, 0.2) is 0 Å². The van der Waals surface area contributed by atoms with Gasteiger partial charge in [-0.3, -0.25) is 4.79 Å². The van der Waals surface area contributed by atoms with Crippen molar-refractivity contribution in [2.45, 2.75) is 50.9 Å². The van der Waals surface area contributed by atoms with E-state index in [1.165, 1.54) is 12.1 Å². The monoisotopic (exact) mass is 580 g/mol. The Labute approximate surface area is 242 Å². The zero-order valence-corrected chi connectivity index (χ0v) is 24.1. The van der Waals surface area contributed by atoms with Crippen molar-refractivity contribution >= 4 is 38.9 Å². The first-order valence-electron chi connectivity index (χ1n) is 13.3. The third kappa shape index (κ3) is 5.49. The average Bonchev–Trinajstić information content (AvgIpc) is 3.35. The number of methoxy groups -OCH3 is 1. The van der Waals surface area contributed by atoms with Gasteiger partial charge < -0.3 is 30.3 Å². The maximum atomic E-state index is 14.2. The molecule has 1 fully saturated rings. The molecule has 0 atom stereocenters. The molecule has 0 spiro atoms. The Balaban J connectivity index is 1.55. The summed E-state index contributed by atoms with van der Waals surface area (Å²) in [4.78, 5) is 16.4. The van der Waals surface area contributed by atoms with Crippen LogP contribution in [-0.2, 0) is 13.2 Å². The highest BCUT2D eigenvalue weighted by molar-refractivity contribution is 7.22. The Kier molecular flexibility index (Phi) is 8.51. The molecule has 7 nitrogen and oxygen atoms in total. The number of rotatable bonds is 8. The summed E-state index contributed by atoms with van der Waals surface area (Å²) in [5.41, 5.74) is 3.66. The van der Waals surface area contributed by atoms with Gasteiger partial charge in [-0.15, -0.1) is 11.3 Å². The number of carbonyl (C=O) groups is 1. The van der Waals surface area contributed by atoms with E-state index in [2.05, 4.69) is 5.32 Å². The van der Waals surface area contributed by atoms with Crippen molar-refractivity contribution in [2.24, 2.45) is 0 Å². The standard InChI is InChI=1S/C31H33ClN2O5S/c1-33-22-8-10-23(11-9-22)34(31(38)30-28(32)27-24(36)12-13-25(37)29(27)40-30)16-21-15-20(7-14-26(21)39-2)19-5-3-18(17-35)4-6-19/h3-7,12-15,22-23,33,35-37H,8-11,16-17H2,1-2H3. The van der Waals surface area contributed by atoms with Crippen molar-refractivity contribution in [2.75, 3.05) is 14.2 Å². The Hall–Kier alpha value is -3.30. The van der Waals surface area contributed by atoms with E-state index in [0.29, 0.717) is 33.3 Å². The van der Waals surface area contributed by atoms with Gasteiger partial charge in [0.25, 0.3) is 5.91 Å². The maximum absolute atomic E-state index is 14.2. The first-order chi connectivity index (χ1) is 19.3. The lowest BCUT2D eigenvalue weighted by Crippen LogP contribution is -2.44. The Morgan fingerprint density at radius 2 is 1.70 bits per heavy atom. The largest absolute Gasteiger partial charge is 0.507 e. The number of nitrogens with one attached hydrogen (secondary N) is 1. The third-order valence-corrected chi connectivity index (χ3v) is 9.52. The molecule has 4 N–H and O–H groups in total. The summed E-state index contributed by atoms with van der Waals surface area (Å²) in [6.45, 7) is 0.291. The SMILES string of the molecule is CNC1CCC(N(Cc2cc(-c3ccc(CO)cc3)ccc2OC)C(=O)c2sc3c(O)ccc(O)c3c2Cl)CC1. The molecular weight excluding hydrogens is 548 g/mol. The van der Waals surface area contributed by atoms with E-state index in [-0.39, 0.29) is 35.1 Å². The van der Waals surface area contributed by atoms with Crippen molar-refractivity contribution in [1.29, 1.82) is 0 Å². The minimum absolute atomic E-state index is 0.0160. The highest BCUT2D eigenvalue weighted by Gasteiger charge is 2.33. The van der Waals surface area contributed by atoms with E-state index < -0.39 is 0 Å². The van der Waals surface area contributed by atoms with E-state index in [0.717, 1.165) is 59.3 Å². The number of carbonyl (C=O) groups excluding carboxylic acids is 1. The van der Waals surface area contributed by atoms with Crippen molar-refractivity contribution < 1.29 is 24.9 Å². The van der Waals surface area contributed by atoms with Gasteiger partial charge in [0.05, 0.1) is 28.8 Å². The molecule has 1 heterocycles. The Bertz CT molecular complexity index is 1510. The Morgan fingerprint density at radius 3 is 2.33 bits per heavy atom. The van der Waals surface area contributed by atoms with Crippen LogP contribution < -0.4 is 10.1 Å². The molecule has 210 valence electrons. The summed E-state index contributed by atoms with van der Waals surface area (Å²) < 4.78 is 6.10. The van der Waals surface area contributed by atoms with E-state index in [4.69, 9.17) is 16.3 Å². The van der Waals surface area contributed by atoms with Crippen LogP contribution in [0.4, 0.5) is 0 Å². The second-order valence-electron chi connectivity index (χ2n) is 10.2.